The molecule has 0 aliphatic carbocycles. The monoisotopic (exact) mass is 296 g/mol. The molecule has 0 saturated carbocycles. The van der Waals surface area contributed by atoms with E-state index in [2.05, 4.69) is 0 Å². The lowest BCUT2D eigenvalue weighted by atomic mass is 10.1. The summed E-state index contributed by atoms with van der Waals surface area (Å²) >= 11 is 0. The van der Waals surface area contributed by atoms with E-state index in [1.165, 1.54) is 0 Å². The lowest BCUT2D eigenvalue weighted by molar-refractivity contribution is 0.171. The van der Waals surface area contributed by atoms with Crippen LogP contribution in [0.4, 0.5) is 0 Å². The van der Waals surface area contributed by atoms with Gasteiger partial charge in [-0.25, -0.2) is 0 Å². The Kier molecular flexibility index (Phi) is 3.35. The maximum atomic E-state index is 5.60. The molecule has 0 unspecified atom stereocenters. The molecule has 4 nitrogen and oxygen atoms in total. The quantitative estimate of drug-likeness (QED) is 0.796. The van der Waals surface area contributed by atoms with Crippen molar-refractivity contribution >= 4 is 12.2 Å². The van der Waals surface area contributed by atoms with E-state index in [1.54, 1.807) is 0 Å². The summed E-state index contributed by atoms with van der Waals surface area (Å²) in [6.07, 6.45) is 4.09. The molecule has 0 fully saturated rings. The van der Waals surface area contributed by atoms with Crippen molar-refractivity contribution in [2.24, 2.45) is 0 Å². The van der Waals surface area contributed by atoms with Gasteiger partial charge in [0.1, 0.15) is 26.4 Å². The number of rotatable bonds is 2. The van der Waals surface area contributed by atoms with Gasteiger partial charge in [0.25, 0.3) is 0 Å². The van der Waals surface area contributed by atoms with Crippen LogP contribution in [0.5, 0.6) is 23.0 Å². The van der Waals surface area contributed by atoms with Gasteiger partial charge >= 0.3 is 0 Å². The molecule has 2 aliphatic heterocycles. The summed E-state index contributed by atoms with van der Waals surface area (Å²) in [5, 5.41) is 0. The number of benzene rings is 2. The minimum absolute atomic E-state index is 0.600. The van der Waals surface area contributed by atoms with Gasteiger partial charge in [-0.1, -0.05) is 24.3 Å². The third-order valence-electron chi connectivity index (χ3n) is 3.60. The molecule has 0 atom stereocenters. The molecule has 2 aliphatic rings. The van der Waals surface area contributed by atoms with Gasteiger partial charge < -0.3 is 18.9 Å². The van der Waals surface area contributed by atoms with Gasteiger partial charge in [-0.15, -0.1) is 0 Å². The smallest absolute Gasteiger partial charge is 0.161 e. The van der Waals surface area contributed by atoms with Crippen LogP contribution in [0.3, 0.4) is 0 Å². The van der Waals surface area contributed by atoms with Gasteiger partial charge in [-0.2, -0.15) is 0 Å². The molecule has 112 valence electrons. The van der Waals surface area contributed by atoms with E-state index in [0.717, 1.165) is 34.1 Å². The van der Waals surface area contributed by atoms with Gasteiger partial charge in [0.15, 0.2) is 23.0 Å². The molecule has 0 saturated heterocycles. The normalized spacial score (nSPS) is 15.8. The second kappa shape index (κ2) is 5.64. The first-order chi connectivity index (χ1) is 10.9. The Morgan fingerprint density at radius 3 is 1.41 bits per heavy atom. The van der Waals surface area contributed by atoms with Crippen LogP contribution in [0.2, 0.25) is 0 Å². The van der Waals surface area contributed by atoms with Crippen molar-refractivity contribution in [1.29, 1.82) is 0 Å². The molecule has 0 amide bonds. The summed E-state index contributed by atoms with van der Waals surface area (Å²) in [7, 11) is 0. The van der Waals surface area contributed by atoms with Crippen LogP contribution in [0.15, 0.2) is 36.4 Å². The average Bonchev–Trinajstić information content (AvgIpc) is 2.59. The molecular weight excluding hydrogens is 280 g/mol. The number of fused-ring (bicyclic) bond motifs is 2. The van der Waals surface area contributed by atoms with Crippen LogP contribution < -0.4 is 18.9 Å². The minimum atomic E-state index is 0.600. The fraction of sp³-hybridized carbons (Fsp3) is 0.222. The van der Waals surface area contributed by atoms with Gasteiger partial charge in [-0.05, 0) is 35.4 Å². The Labute approximate surface area is 128 Å². The molecule has 0 aromatic heterocycles. The Morgan fingerprint density at radius 1 is 0.545 bits per heavy atom. The predicted octanol–water partition coefficient (Wildman–Crippen LogP) is 3.40. The van der Waals surface area contributed by atoms with Crippen LogP contribution in [0, 0.1) is 0 Å². The maximum Gasteiger partial charge on any atom is 0.161 e. The molecule has 0 spiro atoms. The van der Waals surface area contributed by atoms with E-state index < -0.39 is 0 Å². The fourth-order valence-electron chi connectivity index (χ4n) is 2.52. The highest BCUT2D eigenvalue weighted by Crippen LogP contribution is 2.33. The van der Waals surface area contributed by atoms with Crippen LogP contribution >= 0.6 is 0 Å². The molecule has 2 aromatic rings. The van der Waals surface area contributed by atoms with Gasteiger partial charge in [0.05, 0.1) is 0 Å². The third kappa shape index (κ3) is 2.60. The number of hydrogen-bond acceptors (Lipinski definition) is 4. The molecular formula is C18H16O4. The SMILES string of the molecule is C(=C\c1ccc2c(c1)OCCO2)/c1ccc2c(c1)OCCO2. The first kappa shape index (κ1) is 13.1. The van der Waals surface area contributed by atoms with Gasteiger partial charge in [0, 0.05) is 0 Å². The molecule has 2 aromatic carbocycles. The lowest BCUT2D eigenvalue weighted by Gasteiger charge is -2.18. The predicted molar refractivity (Wildman–Crippen MR) is 83.8 cm³/mol. The first-order valence-corrected chi connectivity index (χ1v) is 7.36. The average molecular weight is 296 g/mol. The largest absolute Gasteiger partial charge is 0.486 e. The molecule has 0 bridgehead atoms. The van der Waals surface area contributed by atoms with Crippen LogP contribution in [0.25, 0.3) is 12.2 Å². The zero-order chi connectivity index (χ0) is 14.8. The second-order valence-electron chi connectivity index (χ2n) is 5.14. The maximum absolute atomic E-state index is 5.60. The van der Waals surface area contributed by atoms with E-state index in [0.29, 0.717) is 26.4 Å². The van der Waals surface area contributed by atoms with E-state index in [9.17, 15) is 0 Å². The topological polar surface area (TPSA) is 36.9 Å². The number of ether oxygens (including phenoxy) is 4. The summed E-state index contributed by atoms with van der Waals surface area (Å²) in [5.41, 5.74) is 2.14. The van der Waals surface area contributed by atoms with E-state index in [1.807, 2.05) is 48.6 Å². The van der Waals surface area contributed by atoms with Gasteiger partial charge in [-0.3, -0.25) is 0 Å². The Morgan fingerprint density at radius 2 is 0.955 bits per heavy atom. The summed E-state index contributed by atoms with van der Waals surface area (Å²) in [4.78, 5) is 0. The highest BCUT2D eigenvalue weighted by atomic mass is 16.6. The van der Waals surface area contributed by atoms with Crippen LogP contribution in [-0.4, -0.2) is 26.4 Å². The molecule has 22 heavy (non-hydrogen) atoms. The van der Waals surface area contributed by atoms with Crippen molar-refractivity contribution in [2.45, 2.75) is 0 Å². The Balaban J connectivity index is 1.56. The molecule has 4 rings (SSSR count). The standard InChI is InChI=1S/C18H16O4/c1(13-3-5-15-17(11-13)21-9-7-19-15)2-14-4-6-16-18(12-14)22-10-8-20-16/h1-6,11-12H,7-10H2/b2-1+. The van der Waals surface area contributed by atoms with Crippen molar-refractivity contribution in [3.05, 3.63) is 47.5 Å². The van der Waals surface area contributed by atoms with Crippen molar-refractivity contribution < 1.29 is 18.9 Å². The summed E-state index contributed by atoms with van der Waals surface area (Å²) in [6.45, 7) is 2.42. The van der Waals surface area contributed by atoms with Gasteiger partial charge in [0.2, 0.25) is 0 Å². The van der Waals surface area contributed by atoms with Crippen LogP contribution in [-0.2, 0) is 0 Å². The minimum Gasteiger partial charge on any atom is -0.486 e. The highest BCUT2D eigenvalue weighted by Gasteiger charge is 2.12. The molecule has 4 heteroatoms. The van der Waals surface area contributed by atoms with Crippen molar-refractivity contribution in [1.82, 2.24) is 0 Å². The molecule has 0 radical (unpaired) electrons. The summed E-state index contributed by atoms with van der Waals surface area (Å²) in [5.74, 6) is 3.22. The number of hydrogen-bond donors (Lipinski definition) is 0. The molecule has 2 heterocycles. The molecule has 0 N–H and O–H groups in total. The van der Waals surface area contributed by atoms with Crippen molar-refractivity contribution in [3.63, 3.8) is 0 Å². The van der Waals surface area contributed by atoms with Crippen LogP contribution in [0.1, 0.15) is 11.1 Å². The van der Waals surface area contributed by atoms with E-state index >= 15 is 0 Å². The Bertz CT molecular complexity index is 660. The summed E-state index contributed by atoms with van der Waals surface area (Å²) < 4.78 is 22.2. The second-order valence-corrected chi connectivity index (χ2v) is 5.14. The summed E-state index contributed by atoms with van der Waals surface area (Å²) in [6, 6.07) is 11.9. The van der Waals surface area contributed by atoms with E-state index in [4.69, 9.17) is 18.9 Å². The third-order valence-corrected chi connectivity index (χ3v) is 3.60. The van der Waals surface area contributed by atoms with Crippen molar-refractivity contribution in [3.8, 4) is 23.0 Å². The Hall–Kier alpha value is -2.62. The fourth-order valence-corrected chi connectivity index (χ4v) is 2.52. The van der Waals surface area contributed by atoms with Crippen molar-refractivity contribution in [2.75, 3.05) is 26.4 Å². The zero-order valence-corrected chi connectivity index (χ0v) is 12.1. The first-order valence-electron chi connectivity index (χ1n) is 7.36. The zero-order valence-electron chi connectivity index (χ0n) is 12.1. The highest BCUT2D eigenvalue weighted by molar-refractivity contribution is 5.72. The van der Waals surface area contributed by atoms with E-state index in [-0.39, 0.29) is 0 Å². The lowest BCUT2D eigenvalue weighted by Crippen LogP contribution is -2.15.